The first kappa shape index (κ1) is 19.2. The van der Waals surface area contributed by atoms with Crippen molar-refractivity contribution in [3.8, 4) is 0 Å². The Balaban J connectivity index is 2.27. The van der Waals surface area contributed by atoms with Gasteiger partial charge < -0.3 is 9.53 Å². The molecular formula is C20H38O2Si. The van der Waals surface area contributed by atoms with Gasteiger partial charge in [-0.2, -0.15) is 0 Å². The van der Waals surface area contributed by atoms with Gasteiger partial charge in [0.05, 0.1) is 12.2 Å². The van der Waals surface area contributed by atoms with Crippen LogP contribution >= 0.6 is 0 Å². The van der Waals surface area contributed by atoms with Crippen molar-refractivity contribution in [3.05, 3.63) is 12.2 Å². The standard InChI is InChI=1S/C20H38O2Si/c1-14-15(21)10-11-16-19(5,6)17(12-13-20(14,16)7)22-23(8,9)18(2,3)4/h15-17,21H,1,10-13H2,2-9H3/t15-,16+,17+,20-/m1/s1. The average molecular weight is 339 g/mol. The van der Waals surface area contributed by atoms with E-state index < -0.39 is 8.32 Å². The molecule has 0 bridgehead atoms. The fraction of sp³-hybridized carbons (Fsp3) is 0.900. The Morgan fingerprint density at radius 1 is 1.13 bits per heavy atom. The van der Waals surface area contributed by atoms with Crippen molar-refractivity contribution in [2.45, 2.75) is 97.6 Å². The number of aliphatic hydroxyl groups excluding tert-OH is 1. The molecule has 0 saturated heterocycles. The van der Waals surface area contributed by atoms with Crippen LogP contribution in [0.2, 0.25) is 18.1 Å². The maximum Gasteiger partial charge on any atom is 0.192 e. The Morgan fingerprint density at radius 3 is 2.22 bits per heavy atom. The van der Waals surface area contributed by atoms with Crippen LogP contribution in [0.3, 0.4) is 0 Å². The Kier molecular flexibility index (Phi) is 4.76. The zero-order valence-electron chi connectivity index (χ0n) is 16.6. The van der Waals surface area contributed by atoms with Gasteiger partial charge in [-0.25, -0.2) is 0 Å². The van der Waals surface area contributed by atoms with Crippen molar-refractivity contribution >= 4 is 8.32 Å². The van der Waals surface area contributed by atoms with Crippen molar-refractivity contribution in [2.24, 2.45) is 16.7 Å². The van der Waals surface area contributed by atoms with Gasteiger partial charge in [-0.05, 0) is 66.1 Å². The number of hydrogen-bond acceptors (Lipinski definition) is 2. The zero-order chi connectivity index (χ0) is 17.8. The second-order valence-electron chi connectivity index (χ2n) is 10.3. The second-order valence-corrected chi connectivity index (χ2v) is 15.1. The third-order valence-corrected chi connectivity index (χ3v) is 12.0. The monoisotopic (exact) mass is 338 g/mol. The van der Waals surface area contributed by atoms with E-state index in [-0.39, 0.29) is 22.0 Å². The lowest BCUT2D eigenvalue weighted by molar-refractivity contribution is -0.0985. The second kappa shape index (κ2) is 5.71. The van der Waals surface area contributed by atoms with E-state index in [4.69, 9.17) is 4.43 Å². The highest BCUT2D eigenvalue weighted by atomic mass is 28.4. The van der Waals surface area contributed by atoms with Crippen LogP contribution < -0.4 is 0 Å². The molecule has 0 radical (unpaired) electrons. The van der Waals surface area contributed by atoms with Gasteiger partial charge in [0.15, 0.2) is 8.32 Å². The van der Waals surface area contributed by atoms with Crippen LogP contribution in [-0.4, -0.2) is 25.6 Å². The molecule has 0 amide bonds. The molecule has 0 unspecified atom stereocenters. The van der Waals surface area contributed by atoms with Crippen LogP contribution in [0.5, 0.6) is 0 Å². The lowest BCUT2D eigenvalue weighted by Crippen LogP contribution is -2.57. The van der Waals surface area contributed by atoms with Gasteiger partial charge in [-0.3, -0.25) is 0 Å². The summed E-state index contributed by atoms with van der Waals surface area (Å²) in [6.45, 7) is 23.0. The van der Waals surface area contributed by atoms with E-state index in [9.17, 15) is 5.11 Å². The summed E-state index contributed by atoms with van der Waals surface area (Å²) in [7, 11) is -1.76. The van der Waals surface area contributed by atoms with Crippen LogP contribution in [0.1, 0.15) is 67.2 Å². The topological polar surface area (TPSA) is 29.5 Å². The Morgan fingerprint density at radius 2 is 1.70 bits per heavy atom. The highest BCUT2D eigenvalue weighted by Gasteiger charge is 2.56. The fourth-order valence-corrected chi connectivity index (χ4v) is 6.21. The number of fused-ring (bicyclic) bond motifs is 1. The molecule has 1 N–H and O–H groups in total. The molecule has 0 heterocycles. The first-order valence-corrected chi connectivity index (χ1v) is 12.2. The first-order chi connectivity index (χ1) is 10.2. The van der Waals surface area contributed by atoms with Crippen LogP contribution in [0.4, 0.5) is 0 Å². The lowest BCUT2D eigenvalue weighted by atomic mass is 9.49. The highest BCUT2D eigenvalue weighted by Crippen LogP contribution is 2.60. The van der Waals surface area contributed by atoms with Crippen molar-refractivity contribution in [3.63, 3.8) is 0 Å². The molecule has 0 aromatic carbocycles. The number of rotatable bonds is 2. The summed E-state index contributed by atoms with van der Waals surface area (Å²) in [4.78, 5) is 0. The summed E-state index contributed by atoms with van der Waals surface area (Å²) in [5.74, 6) is 0.550. The van der Waals surface area contributed by atoms with E-state index in [1.807, 2.05) is 0 Å². The average Bonchev–Trinajstić information content (AvgIpc) is 2.38. The molecule has 23 heavy (non-hydrogen) atoms. The molecule has 3 heteroatoms. The summed E-state index contributed by atoms with van der Waals surface area (Å²) >= 11 is 0. The maximum absolute atomic E-state index is 10.3. The van der Waals surface area contributed by atoms with E-state index in [1.165, 1.54) is 0 Å². The molecule has 0 aromatic heterocycles. The molecule has 0 spiro atoms. The predicted octanol–water partition coefficient (Wildman–Crippen LogP) is 5.53. The van der Waals surface area contributed by atoms with Crippen molar-refractivity contribution in [2.75, 3.05) is 0 Å². The van der Waals surface area contributed by atoms with Gasteiger partial charge in [0.25, 0.3) is 0 Å². The van der Waals surface area contributed by atoms with Gasteiger partial charge in [0.1, 0.15) is 0 Å². The van der Waals surface area contributed by atoms with E-state index in [0.717, 1.165) is 31.3 Å². The third-order valence-electron chi connectivity index (χ3n) is 7.53. The van der Waals surface area contributed by atoms with Crippen molar-refractivity contribution in [1.82, 2.24) is 0 Å². The molecule has 134 valence electrons. The fourth-order valence-electron chi connectivity index (χ4n) is 4.72. The SMILES string of the molecule is C=C1[C@H](O)CC[C@H]2C(C)(C)[C@@H](O[Si](C)(C)C(C)(C)C)CC[C@]12C. The molecule has 4 atom stereocenters. The molecule has 2 aliphatic carbocycles. The zero-order valence-corrected chi connectivity index (χ0v) is 17.6. The molecule has 0 aliphatic heterocycles. The Hall–Kier alpha value is -0.123. The summed E-state index contributed by atoms with van der Waals surface area (Å²) < 4.78 is 6.86. The van der Waals surface area contributed by atoms with Crippen LogP contribution in [0.25, 0.3) is 0 Å². The predicted molar refractivity (Wildman–Crippen MR) is 101 cm³/mol. The van der Waals surface area contributed by atoms with Crippen molar-refractivity contribution < 1.29 is 9.53 Å². The minimum Gasteiger partial charge on any atom is -0.413 e. The molecule has 2 rings (SSSR count). The van der Waals surface area contributed by atoms with Gasteiger partial charge in [-0.1, -0.05) is 48.1 Å². The van der Waals surface area contributed by atoms with E-state index >= 15 is 0 Å². The van der Waals surface area contributed by atoms with E-state index in [0.29, 0.717) is 12.0 Å². The Labute approximate surface area is 144 Å². The summed E-state index contributed by atoms with van der Waals surface area (Å²) in [5, 5.41) is 10.5. The van der Waals surface area contributed by atoms with E-state index in [1.54, 1.807) is 0 Å². The Bertz CT molecular complexity index is 475. The third kappa shape index (κ3) is 3.09. The highest BCUT2D eigenvalue weighted by molar-refractivity contribution is 6.74. The molecule has 2 nitrogen and oxygen atoms in total. The van der Waals surface area contributed by atoms with E-state index in [2.05, 4.69) is 61.2 Å². The minimum atomic E-state index is -1.76. The molecular weight excluding hydrogens is 300 g/mol. The van der Waals surface area contributed by atoms with Crippen LogP contribution in [0, 0.1) is 16.7 Å². The normalized spacial score (nSPS) is 38.3. The molecule has 0 aromatic rings. The maximum atomic E-state index is 10.3. The summed E-state index contributed by atoms with van der Waals surface area (Å²) in [6, 6.07) is 0. The van der Waals surface area contributed by atoms with Crippen LogP contribution in [0.15, 0.2) is 12.2 Å². The summed E-state index contributed by atoms with van der Waals surface area (Å²) in [5.41, 5.74) is 1.26. The van der Waals surface area contributed by atoms with Crippen molar-refractivity contribution in [1.29, 1.82) is 0 Å². The van der Waals surface area contributed by atoms with Gasteiger partial charge >= 0.3 is 0 Å². The number of aliphatic hydroxyl groups is 1. The van der Waals surface area contributed by atoms with Gasteiger partial charge in [0.2, 0.25) is 0 Å². The minimum absolute atomic E-state index is 0.0639. The smallest absolute Gasteiger partial charge is 0.192 e. The molecule has 2 saturated carbocycles. The number of hydrogen-bond donors (Lipinski definition) is 1. The van der Waals surface area contributed by atoms with Gasteiger partial charge in [0, 0.05) is 0 Å². The quantitative estimate of drug-likeness (QED) is 0.530. The summed E-state index contributed by atoms with van der Waals surface area (Å²) in [6.07, 6.45) is 4.12. The first-order valence-electron chi connectivity index (χ1n) is 9.28. The molecule has 2 aliphatic rings. The van der Waals surface area contributed by atoms with Crippen LogP contribution in [-0.2, 0) is 4.43 Å². The largest absolute Gasteiger partial charge is 0.413 e. The lowest BCUT2D eigenvalue weighted by Gasteiger charge is -2.59. The van der Waals surface area contributed by atoms with Gasteiger partial charge in [-0.15, -0.1) is 0 Å². The molecule has 2 fully saturated rings.